The van der Waals surface area contributed by atoms with Crippen LogP contribution in [-0.4, -0.2) is 12.1 Å². The van der Waals surface area contributed by atoms with Crippen LogP contribution < -0.4 is 11.1 Å². The SMILES string of the molecule is CCC(C#N)NC(N)=O. The van der Waals surface area contributed by atoms with Crippen LogP contribution in [0.3, 0.4) is 0 Å². The fraction of sp³-hybridized carbons (Fsp3) is 0.600. The van der Waals surface area contributed by atoms with Crippen molar-refractivity contribution in [2.45, 2.75) is 19.4 Å². The molecule has 0 heterocycles. The lowest BCUT2D eigenvalue weighted by Gasteiger charge is -2.03. The van der Waals surface area contributed by atoms with E-state index in [1.807, 2.05) is 6.07 Å². The Labute approximate surface area is 53.6 Å². The minimum absolute atomic E-state index is 0.442. The van der Waals surface area contributed by atoms with Crippen LogP contribution in [0.1, 0.15) is 13.3 Å². The van der Waals surface area contributed by atoms with E-state index in [2.05, 4.69) is 5.32 Å². The summed E-state index contributed by atoms with van der Waals surface area (Å²) in [6.45, 7) is 1.80. The van der Waals surface area contributed by atoms with E-state index in [0.29, 0.717) is 6.42 Å². The Balaban J connectivity index is 3.60. The van der Waals surface area contributed by atoms with Crippen molar-refractivity contribution in [1.29, 1.82) is 5.26 Å². The van der Waals surface area contributed by atoms with Gasteiger partial charge >= 0.3 is 6.03 Å². The summed E-state index contributed by atoms with van der Waals surface area (Å²) in [6, 6.07) is 0.779. The summed E-state index contributed by atoms with van der Waals surface area (Å²) in [6.07, 6.45) is 0.583. The van der Waals surface area contributed by atoms with Crippen molar-refractivity contribution in [3.05, 3.63) is 0 Å². The summed E-state index contributed by atoms with van der Waals surface area (Å²) < 4.78 is 0. The largest absolute Gasteiger partial charge is 0.352 e. The molecule has 0 aromatic carbocycles. The van der Waals surface area contributed by atoms with Gasteiger partial charge in [-0.15, -0.1) is 0 Å². The molecule has 0 rings (SSSR count). The molecule has 0 spiro atoms. The van der Waals surface area contributed by atoms with Gasteiger partial charge in [0.25, 0.3) is 0 Å². The zero-order chi connectivity index (χ0) is 7.28. The molecule has 1 atom stereocenters. The monoisotopic (exact) mass is 127 g/mol. The Morgan fingerprint density at radius 3 is 2.67 bits per heavy atom. The third-order valence-electron chi connectivity index (χ3n) is 0.881. The highest BCUT2D eigenvalue weighted by molar-refractivity contribution is 5.72. The molecule has 0 aromatic heterocycles. The lowest BCUT2D eigenvalue weighted by Crippen LogP contribution is -2.37. The molecule has 0 bridgehead atoms. The highest BCUT2D eigenvalue weighted by atomic mass is 16.2. The van der Waals surface area contributed by atoms with Gasteiger partial charge in [0.15, 0.2) is 0 Å². The number of nitrogens with two attached hydrogens (primary N) is 1. The Bertz CT molecular complexity index is 138. The van der Waals surface area contributed by atoms with E-state index in [1.54, 1.807) is 6.92 Å². The average molecular weight is 127 g/mol. The minimum atomic E-state index is -0.650. The summed E-state index contributed by atoms with van der Waals surface area (Å²) >= 11 is 0. The molecule has 50 valence electrons. The standard InChI is InChI=1S/C5H9N3O/c1-2-4(3-6)8-5(7)9/h4H,2H2,1H3,(H3,7,8,9). The number of urea groups is 1. The molecule has 2 amide bonds. The third-order valence-corrected chi connectivity index (χ3v) is 0.881. The van der Waals surface area contributed by atoms with Crippen molar-refractivity contribution in [2.75, 3.05) is 0 Å². The number of amides is 2. The van der Waals surface area contributed by atoms with Crippen LogP contribution in [0.15, 0.2) is 0 Å². The molecule has 4 nitrogen and oxygen atoms in total. The maximum atomic E-state index is 10.1. The molecular weight excluding hydrogens is 118 g/mol. The van der Waals surface area contributed by atoms with Gasteiger partial charge in [0.1, 0.15) is 6.04 Å². The summed E-state index contributed by atoms with van der Waals surface area (Å²) in [4.78, 5) is 10.1. The molecule has 0 aliphatic heterocycles. The molecule has 0 saturated heterocycles. The zero-order valence-corrected chi connectivity index (χ0v) is 5.22. The molecule has 0 aromatic rings. The topological polar surface area (TPSA) is 78.9 Å². The number of rotatable bonds is 2. The van der Waals surface area contributed by atoms with Crippen LogP contribution in [0, 0.1) is 11.3 Å². The Morgan fingerprint density at radius 2 is 2.56 bits per heavy atom. The fourth-order valence-electron chi connectivity index (χ4n) is 0.397. The van der Waals surface area contributed by atoms with Crippen LogP contribution in [-0.2, 0) is 0 Å². The Hall–Kier alpha value is -1.24. The molecule has 0 aliphatic rings. The third kappa shape index (κ3) is 3.35. The number of primary amides is 1. The van der Waals surface area contributed by atoms with E-state index in [9.17, 15) is 4.79 Å². The van der Waals surface area contributed by atoms with Crippen LogP contribution in [0.5, 0.6) is 0 Å². The molecule has 0 saturated carbocycles. The van der Waals surface area contributed by atoms with Crippen molar-refractivity contribution < 1.29 is 4.79 Å². The lowest BCUT2D eigenvalue weighted by atomic mass is 10.2. The van der Waals surface area contributed by atoms with Gasteiger partial charge in [-0.1, -0.05) is 6.92 Å². The average Bonchev–Trinajstić information content (AvgIpc) is 1.82. The molecule has 1 unspecified atom stereocenters. The van der Waals surface area contributed by atoms with Gasteiger partial charge in [-0.05, 0) is 6.42 Å². The maximum Gasteiger partial charge on any atom is 0.313 e. The van der Waals surface area contributed by atoms with Crippen molar-refractivity contribution in [3.8, 4) is 6.07 Å². The number of carbonyl (C=O) groups excluding carboxylic acids is 1. The smallest absolute Gasteiger partial charge is 0.313 e. The van der Waals surface area contributed by atoms with Gasteiger partial charge < -0.3 is 11.1 Å². The lowest BCUT2D eigenvalue weighted by molar-refractivity contribution is 0.247. The summed E-state index contributed by atoms with van der Waals surface area (Å²) in [5.41, 5.74) is 4.74. The van der Waals surface area contributed by atoms with Gasteiger partial charge in [0.2, 0.25) is 0 Å². The van der Waals surface area contributed by atoms with Crippen molar-refractivity contribution >= 4 is 6.03 Å². The fourth-order valence-corrected chi connectivity index (χ4v) is 0.397. The number of nitriles is 1. The normalized spacial score (nSPS) is 11.6. The number of hydrogen-bond donors (Lipinski definition) is 2. The van der Waals surface area contributed by atoms with E-state index in [0.717, 1.165) is 0 Å². The Morgan fingerprint density at radius 1 is 2.00 bits per heavy atom. The molecule has 4 heteroatoms. The number of nitrogens with one attached hydrogen (secondary N) is 1. The summed E-state index contributed by atoms with van der Waals surface area (Å²) in [5.74, 6) is 0. The predicted octanol–water partition coefficient (Wildman–Crippen LogP) is -0.0431. The van der Waals surface area contributed by atoms with E-state index in [4.69, 9.17) is 11.0 Å². The van der Waals surface area contributed by atoms with E-state index < -0.39 is 12.1 Å². The van der Waals surface area contributed by atoms with E-state index >= 15 is 0 Å². The quantitative estimate of drug-likeness (QED) is 0.545. The van der Waals surface area contributed by atoms with Crippen LogP contribution in [0.25, 0.3) is 0 Å². The minimum Gasteiger partial charge on any atom is -0.352 e. The highest BCUT2D eigenvalue weighted by Gasteiger charge is 2.03. The van der Waals surface area contributed by atoms with Crippen LogP contribution in [0.4, 0.5) is 4.79 Å². The van der Waals surface area contributed by atoms with E-state index in [-0.39, 0.29) is 0 Å². The van der Waals surface area contributed by atoms with Gasteiger partial charge in [-0.3, -0.25) is 0 Å². The van der Waals surface area contributed by atoms with Gasteiger partial charge in [0, 0.05) is 0 Å². The first-order chi connectivity index (χ1) is 4.20. The highest BCUT2D eigenvalue weighted by Crippen LogP contribution is 1.85. The van der Waals surface area contributed by atoms with E-state index in [1.165, 1.54) is 0 Å². The summed E-state index contributed by atoms with van der Waals surface area (Å²) in [7, 11) is 0. The second-order valence-electron chi connectivity index (χ2n) is 1.60. The molecule has 0 fully saturated rings. The molecular formula is C5H9N3O. The molecule has 3 N–H and O–H groups in total. The second-order valence-corrected chi connectivity index (χ2v) is 1.60. The molecule has 9 heavy (non-hydrogen) atoms. The van der Waals surface area contributed by atoms with Crippen molar-refractivity contribution in [3.63, 3.8) is 0 Å². The van der Waals surface area contributed by atoms with Gasteiger partial charge in [-0.2, -0.15) is 5.26 Å². The first kappa shape index (κ1) is 7.76. The number of nitrogens with zero attached hydrogens (tertiary/aromatic N) is 1. The first-order valence-electron chi connectivity index (χ1n) is 2.66. The number of carbonyl (C=O) groups is 1. The van der Waals surface area contributed by atoms with Crippen LogP contribution in [0.2, 0.25) is 0 Å². The van der Waals surface area contributed by atoms with Gasteiger partial charge in [-0.25, -0.2) is 4.79 Å². The maximum absolute atomic E-state index is 10.1. The van der Waals surface area contributed by atoms with Crippen molar-refractivity contribution in [2.24, 2.45) is 5.73 Å². The summed E-state index contributed by atoms with van der Waals surface area (Å²) in [5, 5.41) is 10.5. The molecule has 0 aliphatic carbocycles. The zero-order valence-electron chi connectivity index (χ0n) is 5.22. The Kier molecular flexibility index (Phi) is 3.21. The second kappa shape index (κ2) is 3.72. The predicted molar refractivity (Wildman–Crippen MR) is 32.4 cm³/mol. The number of hydrogen-bond acceptors (Lipinski definition) is 2. The van der Waals surface area contributed by atoms with Gasteiger partial charge in [0.05, 0.1) is 6.07 Å². The first-order valence-corrected chi connectivity index (χ1v) is 2.66. The van der Waals surface area contributed by atoms with Crippen molar-refractivity contribution in [1.82, 2.24) is 5.32 Å². The van der Waals surface area contributed by atoms with Crippen LogP contribution >= 0.6 is 0 Å². The molecule has 0 radical (unpaired) electrons.